The van der Waals surface area contributed by atoms with Crippen LogP contribution in [0, 0.1) is 11.8 Å². The molecule has 0 fully saturated rings. The molecule has 0 aromatic carbocycles. The zero-order valence-corrected chi connectivity index (χ0v) is 12.4. The highest BCUT2D eigenvalue weighted by molar-refractivity contribution is 5.33. The summed E-state index contributed by atoms with van der Waals surface area (Å²) in [6.07, 6.45) is 7.29. The van der Waals surface area contributed by atoms with Crippen LogP contribution < -0.4 is 5.73 Å². The van der Waals surface area contributed by atoms with Crippen molar-refractivity contribution in [3.05, 3.63) is 36.0 Å². The SMILES string of the molecule is C=C(C(C)C)C(CC)C(C)(N)C(/C=C\C)=C/C. The van der Waals surface area contributed by atoms with Crippen LogP contribution in [-0.4, -0.2) is 5.54 Å². The van der Waals surface area contributed by atoms with Gasteiger partial charge >= 0.3 is 0 Å². The lowest BCUT2D eigenvalue weighted by atomic mass is 9.72. The zero-order chi connectivity index (χ0) is 13.6. The Morgan fingerprint density at radius 2 is 1.88 bits per heavy atom. The maximum Gasteiger partial charge on any atom is 0.0443 e. The molecular weight excluding hydrogens is 206 g/mol. The van der Waals surface area contributed by atoms with Crippen LogP contribution >= 0.6 is 0 Å². The lowest BCUT2D eigenvalue weighted by Crippen LogP contribution is -2.46. The summed E-state index contributed by atoms with van der Waals surface area (Å²) in [6.45, 7) is 17.0. The first kappa shape index (κ1) is 16.2. The molecule has 0 aliphatic carbocycles. The molecule has 0 rings (SSSR count). The van der Waals surface area contributed by atoms with Crippen LogP contribution in [-0.2, 0) is 0 Å². The number of allylic oxidation sites excluding steroid dienone is 2. The third-order valence-corrected chi connectivity index (χ3v) is 3.60. The summed E-state index contributed by atoms with van der Waals surface area (Å²) in [6, 6.07) is 0. The fourth-order valence-electron chi connectivity index (χ4n) is 2.44. The average molecular weight is 235 g/mol. The van der Waals surface area contributed by atoms with Crippen molar-refractivity contribution < 1.29 is 0 Å². The van der Waals surface area contributed by atoms with Crippen molar-refractivity contribution >= 4 is 0 Å². The van der Waals surface area contributed by atoms with Crippen LogP contribution in [0.3, 0.4) is 0 Å². The minimum absolute atomic E-state index is 0.324. The number of rotatable bonds is 6. The van der Waals surface area contributed by atoms with E-state index >= 15 is 0 Å². The third kappa shape index (κ3) is 3.85. The van der Waals surface area contributed by atoms with E-state index < -0.39 is 0 Å². The molecule has 0 amide bonds. The minimum Gasteiger partial charge on any atom is -0.321 e. The lowest BCUT2D eigenvalue weighted by Gasteiger charge is -2.37. The van der Waals surface area contributed by atoms with Gasteiger partial charge in [-0.1, -0.05) is 51.2 Å². The fraction of sp³-hybridized carbons (Fsp3) is 0.625. The smallest absolute Gasteiger partial charge is 0.0443 e. The van der Waals surface area contributed by atoms with Crippen molar-refractivity contribution in [1.82, 2.24) is 0 Å². The van der Waals surface area contributed by atoms with Gasteiger partial charge in [-0.2, -0.15) is 0 Å². The first-order valence-corrected chi connectivity index (χ1v) is 6.59. The van der Waals surface area contributed by atoms with Gasteiger partial charge in [0.15, 0.2) is 0 Å². The molecule has 0 aromatic rings. The van der Waals surface area contributed by atoms with Crippen LogP contribution in [0.25, 0.3) is 0 Å². The highest BCUT2D eigenvalue weighted by Gasteiger charge is 2.33. The molecule has 0 spiro atoms. The van der Waals surface area contributed by atoms with E-state index in [1.54, 1.807) is 0 Å². The average Bonchev–Trinajstić information content (AvgIpc) is 2.25. The van der Waals surface area contributed by atoms with E-state index in [0.29, 0.717) is 11.8 Å². The maximum atomic E-state index is 6.57. The molecule has 1 nitrogen and oxygen atoms in total. The predicted octanol–water partition coefficient (Wildman–Crippen LogP) is 4.46. The molecule has 17 heavy (non-hydrogen) atoms. The Morgan fingerprint density at radius 1 is 1.35 bits per heavy atom. The van der Waals surface area contributed by atoms with Crippen molar-refractivity contribution in [2.45, 2.75) is 53.5 Å². The van der Waals surface area contributed by atoms with Crippen LogP contribution in [0.4, 0.5) is 0 Å². The molecule has 0 aliphatic heterocycles. The van der Waals surface area contributed by atoms with Gasteiger partial charge in [0.05, 0.1) is 0 Å². The van der Waals surface area contributed by atoms with Gasteiger partial charge in [0.2, 0.25) is 0 Å². The van der Waals surface area contributed by atoms with Crippen LogP contribution in [0.1, 0.15) is 48.0 Å². The van der Waals surface area contributed by atoms with Gasteiger partial charge in [-0.25, -0.2) is 0 Å². The van der Waals surface area contributed by atoms with E-state index in [0.717, 1.165) is 6.42 Å². The first-order valence-electron chi connectivity index (χ1n) is 6.59. The molecule has 0 radical (unpaired) electrons. The second-order valence-corrected chi connectivity index (χ2v) is 5.22. The molecular formula is C16H29N. The molecule has 0 aromatic heterocycles. The Balaban J connectivity index is 5.31. The summed E-state index contributed by atoms with van der Waals surface area (Å²) >= 11 is 0. The van der Waals surface area contributed by atoms with Gasteiger partial charge in [0, 0.05) is 11.5 Å². The Morgan fingerprint density at radius 3 is 2.18 bits per heavy atom. The fourth-order valence-corrected chi connectivity index (χ4v) is 2.44. The van der Waals surface area contributed by atoms with Gasteiger partial charge in [0.25, 0.3) is 0 Å². The van der Waals surface area contributed by atoms with E-state index in [-0.39, 0.29) is 5.54 Å². The van der Waals surface area contributed by atoms with Crippen molar-refractivity contribution in [3.63, 3.8) is 0 Å². The molecule has 0 heterocycles. The lowest BCUT2D eigenvalue weighted by molar-refractivity contribution is 0.362. The molecule has 0 saturated heterocycles. The number of hydrogen-bond acceptors (Lipinski definition) is 1. The van der Waals surface area contributed by atoms with Gasteiger partial charge in [-0.05, 0) is 38.7 Å². The third-order valence-electron chi connectivity index (χ3n) is 3.60. The Bertz CT molecular complexity index is 305. The van der Waals surface area contributed by atoms with Crippen molar-refractivity contribution in [3.8, 4) is 0 Å². The van der Waals surface area contributed by atoms with E-state index in [2.05, 4.69) is 46.4 Å². The standard InChI is InChI=1S/C16H29N/c1-8-11-14(9-2)16(7,17)15(10-3)13(6)12(4)5/h8-9,11-12,15H,6,10,17H2,1-5,7H3/b11-8-,14-9+. The molecule has 0 saturated carbocycles. The van der Waals surface area contributed by atoms with E-state index in [4.69, 9.17) is 5.73 Å². The highest BCUT2D eigenvalue weighted by atomic mass is 14.8. The molecule has 2 N–H and O–H groups in total. The molecule has 2 atom stereocenters. The quantitative estimate of drug-likeness (QED) is 0.533. The highest BCUT2D eigenvalue weighted by Crippen LogP contribution is 2.34. The second-order valence-electron chi connectivity index (χ2n) is 5.22. The summed E-state index contributed by atoms with van der Waals surface area (Å²) < 4.78 is 0. The molecule has 0 aliphatic rings. The monoisotopic (exact) mass is 235 g/mol. The molecule has 98 valence electrons. The van der Waals surface area contributed by atoms with Crippen LogP contribution in [0.2, 0.25) is 0 Å². The summed E-state index contributed by atoms with van der Waals surface area (Å²) in [5, 5.41) is 0. The second kappa shape index (κ2) is 6.80. The van der Waals surface area contributed by atoms with Crippen molar-refractivity contribution in [2.75, 3.05) is 0 Å². The largest absolute Gasteiger partial charge is 0.321 e. The Labute approximate surface area is 107 Å². The van der Waals surface area contributed by atoms with E-state index in [1.165, 1.54) is 11.1 Å². The summed E-state index contributed by atoms with van der Waals surface area (Å²) in [7, 11) is 0. The first-order chi connectivity index (χ1) is 7.82. The Kier molecular flexibility index (Phi) is 6.48. The Hall–Kier alpha value is -0.820. The number of nitrogens with two attached hydrogens (primary N) is 1. The molecule has 2 unspecified atom stereocenters. The molecule has 1 heteroatoms. The number of hydrogen-bond donors (Lipinski definition) is 1. The van der Waals surface area contributed by atoms with E-state index in [9.17, 15) is 0 Å². The minimum atomic E-state index is -0.336. The van der Waals surface area contributed by atoms with Crippen LogP contribution in [0.15, 0.2) is 36.0 Å². The summed E-state index contributed by atoms with van der Waals surface area (Å²) in [4.78, 5) is 0. The van der Waals surface area contributed by atoms with Gasteiger partial charge in [-0.15, -0.1) is 0 Å². The van der Waals surface area contributed by atoms with Crippen molar-refractivity contribution in [1.29, 1.82) is 0 Å². The topological polar surface area (TPSA) is 26.0 Å². The molecule has 0 bridgehead atoms. The zero-order valence-electron chi connectivity index (χ0n) is 12.4. The summed E-state index contributed by atoms with van der Waals surface area (Å²) in [5.41, 5.74) is 8.67. The van der Waals surface area contributed by atoms with E-state index in [1.807, 2.05) is 19.9 Å². The predicted molar refractivity (Wildman–Crippen MR) is 78.9 cm³/mol. The van der Waals surface area contributed by atoms with Crippen LogP contribution in [0.5, 0.6) is 0 Å². The van der Waals surface area contributed by atoms with Gasteiger partial charge in [-0.3, -0.25) is 0 Å². The van der Waals surface area contributed by atoms with Gasteiger partial charge in [0.1, 0.15) is 0 Å². The van der Waals surface area contributed by atoms with Gasteiger partial charge < -0.3 is 5.73 Å². The normalized spacial score (nSPS) is 18.5. The van der Waals surface area contributed by atoms with Crippen molar-refractivity contribution in [2.24, 2.45) is 17.6 Å². The summed E-state index contributed by atoms with van der Waals surface area (Å²) in [5.74, 6) is 0.802. The maximum absolute atomic E-state index is 6.57.